The topological polar surface area (TPSA) is 53.2 Å². The molecule has 0 aromatic heterocycles. The lowest BCUT2D eigenvalue weighted by atomic mass is 10.4. The van der Waals surface area contributed by atoms with Crippen LogP contribution in [0.1, 0.15) is 28.6 Å². The molecule has 0 unspecified atom stereocenters. The number of rotatable bonds is 3. The van der Waals surface area contributed by atoms with Gasteiger partial charge in [0.15, 0.2) is 5.11 Å². The lowest BCUT2D eigenvalue weighted by Crippen LogP contribution is -2.31. The van der Waals surface area contributed by atoms with E-state index in [1.54, 1.807) is 7.05 Å². The molecular formula is C9H23N3OS. The first-order valence-corrected chi connectivity index (χ1v) is 5.25. The van der Waals surface area contributed by atoms with Crippen LogP contribution in [-0.2, 0) is 4.79 Å². The minimum atomic E-state index is 0. The minimum Gasteiger partial charge on any atom is -0.366 e. The van der Waals surface area contributed by atoms with Crippen molar-refractivity contribution in [1.29, 1.82) is 0 Å². The third-order valence-corrected chi connectivity index (χ3v) is 1.61. The minimum absolute atomic E-state index is 0. The zero-order chi connectivity index (χ0) is 11.4. The highest BCUT2D eigenvalue weighted by Gasteiger charge is 1.88. The van der Waals surface area contributed by atoms with E-state index >= 15 is 0 Å². The predicted molar refractivity (Wildman–Crippen MR) is 66.4 cm³/mol. The lowest BCUT2D eigenvalue weighted by Gasteiger charge is -2.00. The summed E-state index contributed by atoms with van der Waals surface area (Å²) in [7, 11) is 1.80. The van der Waals surface area contributed by atoms with E-state index in [0.717, 1.165) is 13.1 Å². The second-order valence-electron chi connectivity index (χ2n) is 2.42. The molecule has 0 radical (unpaired) electrons. The van der Waals surface area contributed by atoms with Crippen molar-refractivity contribution in [3.8, 4) is 0 Å². The van der Waals surface area contributed by atoms with E-state index in [4.69, 9.17) is 12.2 Å². The molecule has 0 aromatic rings. The van der Waals surface area contributed by atoms with Gasteiger partial charge in [0.25, 0.3) is 0 Å². The zero-order valence-electron chi connectivity index (χ0n) is 9.44. The molecule has 1 amide bonds. The second-order valence-corrected chi connectivity index (χ2v) is 2.82. The molecule has 3 N–H and O–H groups in total. The molecule has 0 aliphatic rings. The molecule has 0 rings (SSSR count). The van der Waals surface area contributed by atoms with Crippen molar-refractivity contribution in [3.05, 3.63) is 0 Å². The Labute approximate surface area is 93.3 Å². The molecule has 4 nitrogen and oxygen atoms in total. The van der Waals surface area contributed by atoms with Crippen LogP contribution < -0.4 is 16.0 Å². The molecule has 5 heteroatoms. The predicted octanol–water partition coefficient (Wildman–Crippen LogP) is 0.879. The van der Waals surface area contributed by atoms with Crippen LogP contribution >= 0.6 is 12.2 Å². The van der Waals surface area contributed by atoms with Gasteiger partial charge in [0.2, 0.25) is 5.91 Å². The van der Waals surface area contributed by atoms with E-state index in [2.05, 4.69) is 16.0 Å². The summed E-state index contributed by atoms with van der Waals surface area (Å²) in [6, 6.07) is 0. The summed E-state index contributed by atoms with van der Waals surface area (Å²) < 4.78 is 0. The molecule has 0 aliphatic heterocycles. The number of carbonyl (C=O) groups excluding carboxylic acids is 1. The Hall–Kier alpha value is -0.840. The van der Waals surface area contributed by atoms with Crippen LogP contribution in [0.25, 0.3) is 0 Å². The first-order chi connectivity index (χ1) is 6.62. The van der Waals surface area contributed by atoms with E-state index in [-0.39, 0.29) is 7.33 Å². The maximum Gasteiger partial charge on any atom is 0.219 e. The number of hydrogen-bond donors (Lipinski definition) is 3. The summed E-state index contributed by atoms with van der Waals surface area (Å²) in [5.74, 6) is 0.127. The first kappa shape index (κ1) is 15.6. The highest BCUT2D eigenvalue weighted by Crippen LogP contribution is 1.70. The van der Waals surface area contributed by atoms with Crippen LogP contribution in [0.15, 0.2) is 0 Å². The number of amides is 1. The number of hydrogen-bond acceptors (Lipinski definition) is 2. The van der Waals surface area contributed by atoms with E-state index in [9.17, 15) is 4.79 Å². The Bertz CT molecular complexity index is 149. The highest BCUT2D eigenvalue weighted by atomic mass is 32.1. The normalized spacial score (nSPS) is 8.00. The molecule has 0 spiro atoms. The average molecular weight is 221 g/mol. The summed E-state index contributed by atoms with van der Waals surface area (Å²) in [5, 5.41) is 9.07. The fourth-order valence-corrected chi connectivity index (χ4v) is 0.715. The summed E-state index contributed by atoms with van der Waals surface area (Å²) in [6.45, 7) is 7.38. The molecular weight excluding hydrogens is 198 g/mol. The number of carbonyl (C=O) groups is 1. The van der Waals surface area contributed by atoms with Crippen molar-refractivity contribution >= 4 is 23.2 Å². The third kappa shape index (κ3) is 13.7. The molecule has 86 valence electrons. The fourth-order valence-electron chi connectivity index (χ4n) is 0.571. The van der Waals surface area contributed by atoms with E-state index < -0.39 is 0 Å². The van der Waals surface area contributed by atoms with Gasteiger partial charge in [0.05, 0.1) is 0 Å². The molecule has 0 bridgehead atoms. The largest absolute Gasteiger partial charge is 0.366 e. The van der Waals surface area contributed by atoms with Gasteiger partial charge >= 0.3 is 0 Å². The van der Waals surface area contributed by atoms with Crippen molar-refractivity contribution in [2.24, 2.45) is 0 Å². The van der Waals surface area contributed by atoms with E-state index in [0.29, 0.717) is 11.5 Å². The quantitative estimate of drug-likeness (QED) is 0.619. The summed E-state index contributed by atoms with van der Waals surface area (Å²) in [6.07, 6.45) is 0.591. The van der Waals surface area contributed by atoms with E-state index in [1.165, 1.54) is 0 Å². The average Bonchev–Trinajstić information content (AvgIpc) is 2.19. The summed E-state index contributed by atoms with van der Waals surface area (Å²) in [5.41, 5.74) is 0. The van der Waals surface area contributed by atoms with Crippen molar-refractivity contribution in [3.63, 3.8) is 0 Å². The summed E-state index contributed by atoms with van der Waals surface area (Å²) in [4.78, 5) is 10.3. The Morgan fingerprint density at radius 1 is 1.21 bits per heavy atom. The van der Waals surface area contributed by atoms with E-state index in [1.807, 2.05) is 20.8 Å². The van der Waals surface area contributed by atoms with Crippen LogP contribution in [0.3, 0.4) is 0 Å². The van der Waals surface area contributed by atoms with Gasteiger partial charge in [0.1, 0.15) is 0 Å². The molecule has 0 fully saturated rings. The first-order valence-electron chi connectivity index (χ1n) is 4.84. The summed E-state index contributed by atoms with van der Waals surface area (Å²) >= 11 is 4.73. The van der Waals surface area contributed by atoms with Gasteiger partial charge in [-0.2, -0.15) is 0 Å². The van der Waals surface area contributed by atoms with Gasteiger partial charge in [-0.15, -0.1) is 0 Å². The van der Waals surface area contributed by atoms with Crippen LogP contribution in [-0.4, -0.2) is 31.2 Å². The maximum absolute atomic E-state index is 10.3. The van der Waals surface area contributed by atoms with Gasteiger partial charge < -0.3 is 16.0 Å². The number of nitrogens with one attached hydrogen (secondary N) is 3. The fraction of sp³-hybridized carbons (Fsp3) is 0.778. The Morgan fingerprint density at radius 3 is 1.86 bits per heavy atom. The zero-order valence-corrected chi connectivity index (χ0v) is 10.3. The molecule has 14 heavy (non-hydrogen) atoms. The SMILES string of the molecule is CCNC(=O)CC.CCNC(=S)NC.[HH]. The maximum atomic E-state index is 10.3. The van der Waals surface area contributed by atoms with Gasteiger partial charge in [-0.3, -0.25) is 4.79 Å². The Kier molecular flexibility index (Phi) is 13.6. The molecule has 0 aromatic carbocycles. The Morgan fingerprint density at radius 2 is 1.71 bits per heavy atom. The lowest BCUT2D eigenvalue weighted by molar-refractivity contribution is -0.120. The second kappa shape index (κ2) is 12.2. The van der Waals surface area contributed by atoms with Crippen LogP contribution in [0.2, 0.25) is 0 Å². The monoisotopic (exact) mass is 221 g/mol. The Balaban J connectivity index is -0.000000180. The highest BCUT2D eigenvalue weighted by molar-refractivity contribution is 7.80. The van der Waals surface area contributed by atoms with Gasteiger partial charge in [0, 0.05) is 28.0 Å². The van der Waals surface area contributed by atoms with Crippen molar-refractivity contribution in [2.45, 2.75) is 27.2 Å². The van der Waals surface area contributed by atoms with Crippen LogP contribution in [0.5, 0.6) is 0 Å². The molecule has 0 atom stereocenters. The van der Waals surface area contributed by atoms with Gasteiger partial charge in [-0.05, 0) is 26.1 Å². The molecule has 0 heterocycles. The van der Waals surface area contributed by atoms with Gasteiger partial charge in [-0.25, -0.2) is 0 Å². The molecule has 0 aliphatic carbocycles. The standard InChI is InChI=1S/C5H11NO.C4H10N2S.H2/c1-3-5(7)6-4-2;1-3-6-4(7)5-2;/h3-4H2,1-2H3,(H,6,7);3H2,1-2H3,(H2,5,6,7);1H. The van der Waals surface area contributed by atoms with Crippen molar-refractivity contribution < 1.29 is 6.22 Å². The van der Waals surface area contributed by atoms with Gasteiger partial charge in [-0.1, -0.05) is 6.92 Å². The smallest absolute Gasteiger partial charge is 0.219 e. The van der Waals surface area contributed by atoms with Crippen molar-refractivity contribution in [2.75, 3.05) is 20.1 Å². The van der Waals surface area contributed by atoms with Crippen LogP contribution in [0, 0.1) is 0 Å². The molecule has 0 saturated heterocycles. The van der Waals surface area contributed by atoms with Crippen LogP contribution in [0.4, 0.5) is 0 Å². The third-order valence-electron chi connectivity index (χ3n) is 1.26. The van der Waals surface area contributed by atoms with Crippen molar-refractivity contribution in [1.82, 2.24) is 16.0 Å². The number of thiocarbonyl (C=S) groups is 1. The molecule has 0 saturated carbocycles.